The predicted octanol–water partition coefficient (Wildman–Crippen LogP) is 4.76. The van der Waals surface area contributed by atoms with E-state index in [-0.39, 0.29) is 18.2 Å². The molecule has 2 aromatic carbocycles. The number of amides is 1. The zero-order valence-corrected chi connectivity index (χ0v) is 17.0. The molecule has 3 aromatic rings. The highest BCUT2D eigenvalue weighted by atomic mass is 16.6. The molecule has 1 unspecified atom stereocenters. The molecule has 0 radical (unpaired) electrons. The zero-order chi connectivity index (χ0) is 21.2. The Balaban J connectivity index is 2.03. The number of hydrogen-bond donors (Lipinski definition) is 2. The summed E-state index contributed by atoms with van der Waals surface area (Å²) in [5.41, 5.74) is 0.412. The largest absolute Gasteiger partial charge is 0.478 e. The van der Waals surface area contributed by atoms with Crippen LogP contribution in [0.1, 0.15) is 55.5 Å². The number of aromatic carboxylic acids is 1. The lowest BCUT2D eigenvalue weighted by atomic mass is 9.99. The standard InChI is InChI=1S/C22H25N3O4/c1-14(19-23-11-12-24-19)25(21(28)29-22(2,3)4)13-15-9-10-18(20(26)27)17-8-6-5-7-16(15)17/h5-12,14H,13H2,1-4H3,(H,23,24)(H,26,27). The first-order chi connectivity index (χ1) is 13.7. The molecule has 1 aromatic heterocycles. The Hall–Kier alpha value is -3.35. The summed E-state index contributed by atoms with van der Waals surface area (Å²) in [6.07, 6.45) is 2.87. The molecule has 1 heterocycles. The third-order valence-corrected chi connectivity index (χ3v) is 4.60. The molecule has 0 aliphatic rings. The lowest BCUT2D eigenvalue weighted by Crippen LogP contribution is -2.38. The van der Waals surface area contributed by atoms with Gasteiger partial charge in [-0.2, -0.15) is 0 Å². The lowest BCUT2D eigenvalue weighted by Gasteiger charge is -2.31. The first kappa shape index (κ1) is 20.4. The van der Waals surface area contributed by atoms with Gasteiger partial charge in [0.05, 0.1) is 18.2 Å². The average molecular weight is 395 g/mol. The highest BCUT2D eigenvalue weighted by Crippen LogP contribution is 2.28. The summed E-state index contributed by atoms with van der Waals surface area (Å²) >= 11 is 0. The Morgan fingerprint density at radius 1 is 1.17 bits per heavy atom. The number of carboxylic acid groups (broad SMARTS) is 1. The highest BCUT2D eigenvalue weighted by molar-refractivity contribution is 6.04. The molecule has 0 saturated carbocycles. The second kappa shape index (κ2) is 7.95. The van der Waals surface area contributed by atoms with Crippen molar-refractivity contribution in [1.29, 1.82) is 0 Å². The van der Waals surface area contributed by atoms with Crippen LogP contribution in [0.2, 0.25) is 0 Å². The van der Waals surface area contributed by atoms with E-state index < -0.39 is 17.7 Å². The number of carbonyl (C=O) groups is 2. The van der Waals surface area contributed by atoms with Gasteiger partial charge in [-0.3, -0.25) is 4.90 Å². The van der Waals surface area contributed by atoms with E-state index in [9.17, 15) is 14.7 Å². The lowest BCUT2D eigenvalue weighted by molar-refractivity contribution is 0.0146. The first-order valence-electron chi connectivity index (χ1n) is 9.40. The van der Waals surface area contributed by atoms with E-state index in [1.165, 1.54) is 0 Å². The molecule has 2 N–H and O–H groups in total. The summed E-state index contributed by atoms with van der Waals surface area (Å²) in [5, 5.41) is 10.9. The number of nitrogens with zero attached hydrogens (tertiary/aromatic N) is 2. The van der Waals surface area contributed by atoms with E-state index in [0.717, 1.165) is 10.9 Å². The van der Waals surface area contributed by atoms with Gasteiger partial charge in [0.2, 0.25) is 0 Å². The molecule has 1 atom stereocenters. The molecular weight excluding hydrogens is 370 g/mol. The van der Waals surface area contributed by atoms with Crippen LogP contribution in [0.4, 0.5) is 4.79 Å². The van der Waals surface area contributed by atoms with Gasteiger partial charge >= 0.3 is 12.1 Å². The Morgan fingerprint density at radius 3 is 2.45 bits per heavy atom. The summed E-state index contributed by atoms with van der Waals surface area (Å²) < 4.78 is 5.62. The number of H-pyrrole nitrogens is 1. The number of aromatic amines is 1. The number of rotatable bonds is 5. The highest BCUT2D eigenvalue weighted by Gasteiger charge is 2.29. The number of benzene rings is 2. The predicted molar refractivity (Wildman–Crippen MR) is 110 cm³/mol. The monoisotopic (exact) mass is 395 g/mol. The molecule has 0 spiro atoms. The third-order valence-electron chi connectivity index (χ3n) is 4.60. The van der Waals surface area contributed by atoms with Gasteiger partial charge in [-0.1, -0.05) is 30.3 Å². The fraction of sp³-hybridized carbons (Fsp3) is 0.318. The van der Waals surface area contributed by atoms with Crippen molar-refractivity contribution in [3.63, 3.8) is 0 Å². The van der Waals surface area contributed by atoms with Crippen LogP contribution in [-0.2, 0) is 11.3 Å². The molecule has 7 heteroatoms. The molecule has 3 rings (SSSR count). The zero-order valence-electron chi connectivity index (χ0n) is 17.0. The van der Waals surface area contributed by atoms with Crippen LogP contribution < -0.4 is 0 Å². The van der Waals surface area contributed by atoms with Crippen molar-refractivity contribution in [2.75, 3.05) is 0 Å². The van der Waals surface area contributed by atoms with E-state index >= 15 is 0 Å². The van der Waals surface area contributed by atoms with E-state index in [0.29, 0.717) is 11.2 Å². The Labute approximate surface area is 169 Å². The van der Waals surface area contributed by atoms with Crippen molar-refractivity contribution in [1.82, 2.24) is 14.9 Å². The molecular formula is C22H25N3O4. The van der Waals surface area contributed by atoms with Crippen molar-refractivity contribution < 1.29 is 19.4 Å². The van der Waals surface area contributed by atoms with Crippen molar-refractivity contribution in [3.05, 3.63) is 65.7 Å². The SMILES string of the molecule is CC(c1ncc[nH]1)N(Cc1ccc(C(=O)O)c2ccccc12)C(=O)OC(C)(C)C. The maximum absolute atomic E-state index is 13.0. The number of carboxylic acids is 1. The molecule has 29 heavy (non-hydrogen) atoms. The number of carbonyl (C=O) groups excluding carboxylic acids is 1. The first-order valence-corrected chi connectivity index (χ1v) is 9.40. The fourth-order valence-electron chi connectivity index (χ4n) is 3.20. The smallest absolute Gasteiger partial charge is 0.411 e. The van der Waals surface area contributed by atoms with Crippen molar-refractivity contribution in [3.8, 4) is 0 Å². The number of hydrogen-bond acceptors (Lipinski definition) is 4. The van der Waals surface area contributed by atoms with Crippen LogP contribution in [-0.4, -0.2) is 37.6 Å². The van der Waals surface area contributed by atoms with Crippen LogP contribution in [0.15, 0.2) is 48.8 Å². The van der Waals surface area contributed by atoms with Crippen LogP contribution in [0, 0.1) is 0 Å². The van der Waals surface area contributed by atoms with Crippen LogP contribution in [0.5, 0.6) is 0 Å². The molecule has 0 bridgehead atoms. The van der Waals surface area contributed by atoms with Crippen LogP contribution in [0.3, 0.4) is 0 Å². The van der Waals surface area contributed by atoms with E-state index in [1.807, 2.05) is 39.8 Å². The van der Waals surface area contributed by atoms with Gasteiger partial charge < -0.3 is 14.8 Å². The average Bonchev–Trinajstić information content (AvgIpc) is 3.18. The Morgan fingerprint density at radius 2 is 1.86 bits per heavy atom. The minimum atomic E-state index is -0.985. The number of nitrogens with one attached hydrogen (secondary N) is 1. The minimum Gasteiger partial charge on any atom is -0.478 e. The maximum Gasteiger partial charge on any atom is 0.411 e. The summed E-state index contributed by atoms with van der Waals surface area (Å²) in [4.78, 5) is 33.5. The molecule has 152 valence electrons. The van der Waals surface area contributed by atoms with Gasteiger partial charge in [0.15, 0.2) is 0 Å². The van der Waals surface area contributed by atoms with E-state index in [1.54, 1.807) is 41.6 Å². The topological polar surface area (TPSA) is 95.5 Å². The summed E-state index contributed by atoms with van der Waals surface area (Å²) in [6.45, 7) is 7.57. The quantitative estimate of drug-likeness (QED) is 0.649. The number of imidazole rings is 1. The maximum atomic E-state index is 13.0. The third kappa shape index (κ3) is 4.56. The summed E-state index contributed by atoms with van der Waals surface area (Å²) in [7, 11) is 0. The number of fused-ring (bicyclic) bond motifs is 1. The molecule has 0 saturated heterocycles. The normalized spacial score (nSPS) is 12.6. The molecule has 7 nitrogen and oxygen atoms in total. The molecule has 0 aliphatic heterocycles. The Bertz CT molecular complexity index is 1020. The van der Waals surface area contributed by atoms with Crippen molar-refractivity contribution in [2.24, 2.45) is 0 Å². The minimum absolute atomic E-state index is 0.229. The van der Waals surface area contributed by atoms with Gasteiger partial charge in [-0.15, -0.1) is 0 Å². The van der Waals surface area contributed by atoms with E-state index in [4.69, 9.17) is 4.74 Å². The van der Waals surface area contributed by atoms with Gasteiger partial charge in [0.1, 0.15) is 11.4 Å². The van der Waals surface area contributed by atoms with Crippen LogP contribution >= 0.6 is 0 Å². The van der Waals surface area contributed by atoms with Crippen LogP contribution in [0.25, 0.3) is 10.8 Å². The molecule has 0 aliphatic carbocycles. The summed E-state index contributed by atoms with van der Waals surface area (Å²) in [5.74, 6) is -0.344. The molecule has 1 amide bonds. The van der Waals surface area contributed by atoms with Gasteiger partial charge in [-0.25, -0.2) is 14.6 Å². The number of ether oxygens (including phenoxy) is 1. The van der Waals surface area contributed by atoms with Crippen molar-refractivity contribution >= 4 is 22.8 Å². The molecule has 0 fully saturated rings. The van der Waals surface area contributed by atoms with Gasteiger partial charge in [0.25, 0.3) is 0 Å². The van der Waals surface area contributed by atoms with Crippen molar-refractivity contribution in [2.45, 2.75) is 45.9 Å². The second-order valence-corrected chi connectivity index (χ2v) is 7.88. The fourth-order valence-corrected chi connectivity index (χ4v) is 3.20. The van der Waals surface area contributed by atoms with E-state index in [2.05, 4.69) is 9.97 Å². The number of aromatic nitrogens is 2. The second-order valence-electron chi connectivity index (χ2n) is 7.88. The Kier molecular flexibility index (Phi) is 5.59. The van der Waals surface area contributed by atoms with Gasteiger partial charge in [0, 0.05) is 12.4 Å². The van der Waals surface area contributed by atoms with Gasteiger partial charge in [-0.05, 0) is 50.1 Å². The summed E-state index contributed by atoms with van der Waals surface area (Å²) in [6, 6.07) is 10.2.